The van der Waals surface area contributed by atoms with Crippen molar-refractivity contribution in [1.82, 2.24) is 9.29 Å². The molecule has 1 aromatic heterocycles. The summed E-state index contributed by atoms with van der Waals surface area (Å²) in [6, 6.07) is 9.03. The highest BCUT2D eigenvalue weighted by molar-refractivity contribution is 7.89. The average Bonchev–Trinajstić information content (AvgIpc) is 3.12. The van der Waals surface area contributed by atoms with E-state index < -0.39 is 15.8 Å². The first-order valence-corrected chi connectivity index (χ1v) is 11.6. The lowest BCUT2D eigenvalue weighted by atomic mass is 10.1. The zero-order chi connectivity index (χ0) is 20.6. The van der Waals surface area contributed by atoms with Gasteiger partial charge < -0.3 is 9.47 Å². The topological polar surface area (TPSA) is 68.7 Å². The van der Waals surface area contributed by atoms with E-state index in [1.165, 1.54) is 34.9 Å². The largest absolute Gasteiger partial charge is 0.495 e. The molecule has 0 N–H and O–H groups in total. The second-order valence-corrected chi connectivity index (χ2v) is 9.89. The van der Waals surface area contributed by atoms with E-state index in [0.29, 0.717) is 28.6 Å². The highest BCUT2D eigenvalue weighted by Crippen LogP contribution is 2.34. The molecule has 29 heavy (non-hydrogen) atoms. The second kappa shape index (κ2) is 8.06. The Balaban J connectivity index is 1.46. The molecule has 2 heterocycles. The van der Waals surface area contributed by atoms with Gasteiger partial charge in [-0.2, -0.15) is 4.31 Å². The van der Waals surface area contributed by atoms with E-state index >= 15 is 0 Å². The van der Waals surface area contributed by atoms with Crippen molar-refractivity contribution in [2.45, 2.75) is 23.8 Å². The number of fused-ring (bicyclic) bond motifs is 1. The standard InChI is InChI=1S/C19H18ClFN2O4S2/c1-26-15-6-5-12(21)11-17(15)29(24,25)23-9-7-13(8-10-23)27-19-22-18-14(20)3-2-4-16(18)28-19/h2-6,11,13H,7-10H2,1H3. The summed E-state index contributed by atoms with van der Waals surface area (Å²) in [6.45, 7) is 0.524. The summed E-state index contributed by atoms with van der Waals surface area (Å²) in [5.41, 5.74) is 0.701. The van der Waals surface area contributed by atoms with Crippen molar-refractivity contribution in [3.63, 3.8) is 0 Å². The smallest absolute Gasteiger partial charge is 0.274 e. The van der Waals surface area contributed by atoms with Crippen LogP contribution in [0.2, 0.25) is 5.02 Å². The molecule has 0 bridgehead atoms. The van der Waals surface area contributed by atoms with Gasteiger partial charge in [0.05, 0.1) is 16.8 Å². The van der Waals surface area contributed by atoms with E-state index in [-0.39, 0.29) is 29.8 Å². The van der Waals surface area contributed by atoms with Crippen molar-refractivity contribution in [3.8, 4) is 10.9 Å². The van der Waals surface area contributed by atoms with E-state index in [0.717, 1.165) is 10.8 Å². The molecule has 0 atom stereocenters. The van der Waals surface area contributed by atoms with Crippen molar-refractivity contribution < 1.29 is 22.3 Å². The van der Waals surface area contributed by atoms with Crippen LogP contribution in [0.25, 0.3) is 10.2 Å². The maximum Gasteiger partial charge on any atom is 0.274 e. The molecule has 2 aromatic carbocycles. The molecular formula is C19H18ClFN2O4S2. The highest BCUT2D eigenvalue weighted by atomic mass is 35.5. The van der Waals surface area contributed by atoms with Gasteiger partial charge in [0.15, 0.2) is 0 Å². The van der Waals surface area contributed by atoms with Gasteiger partial charge in [0, 0.05) is 13.1 Å². The fourth-order valence-electron chi connectivity index (χ4n) is 3.27. The Morgan fingerprint density at radius 2 is 2.00 bits per heavy atom. The van der Waals surface area contributed by atoms with E-state index in [1.807, 2.05) is 12.1 Å². The van der Waals surface area contributed by atoms with Gasteiger partial charge in [0.2, 0.25) is 10.0 Å². The number of piperidine rings is 1. The molecule has 0 spiro atoms. The van der Waals surface area contributed by atoms with Gasteiger partial charge in [-0.25, -0.2) is 17.8 Å². The van der Waals surface area contributed by atoms with E-state index in [9.17, 15) is 12.8 Å². The number of nitrogens with zero attached hydrogens (tertiary/aromatic N) is 2. The van der Waals surface area contributed by atoms with Crippen LogP contribution < -0.4 is 9.47 Å². The first kappa shape index (κ1) is 20.3. The van der Waals surface area contributed by atoms with Crippen LogP contribution in [0.15, 0.2) is 41.3 Å². The molecule has 0 saturated carbocycles. The van der Waals surface area contributed by atoms with Crippen LogP contribution in [0.5, 0.6) is 10.9 Å². The number of thiazole rings is 1. The van der Waals surface area contributed by atoms with Gasteiger partial charge in [-0.05, 0) is 43.2 Å². The number of halogens is 2. The molecule has 3 aromatic rings. The summed E-state index contributed by atoms with van der Waals surface area (Å²) < 4.78 is 52.9. The van der Waals surface area contributed by atoms with Crippen LogP contribution in [-0.4, -0.2) is 44.0 Å². The minimum absolute atomic E-state index is 0.121. The quantitative estimate of drug-likeness (QED) is 0.571. The zero-order valence-electron chi connectivity index (χ0n) is 15.5. The van der Waals surface area contributed by atoms with Crippen molar-refractivity contribution in [1.29, 1.82) is 0 Å². The van der Waals surface area contributed by atoms with Crippen molar-refractivity contribution in [2.24, 2.45) is 0 Å². The van der Waals surface area contributed by atoms with E-state index in [2.05, 4.69) is 4.98 Å². The second-order valence-electron chi connectivity index (χ2n) is 6.58. The van der Waals surface area contributed by atoms with Gasteiger partial charge in [0.1, 0.15) is 28.1 Å². The summed E-state index contributed by atoms with van der Waals surface area (Å²) in [5, 5.41) is 1.08. The Kier molecular flexibility index (Phi) is 5.65. The molecule has 1 aliphatic rings. The molecule has 1 saturated heterocycles. The molecular weight excluding hydrogens is 439 g/mol. The maximum absolute atomic E-state index is 13.6. The molecule has 0 aliphatic carbocycles. The normalized spacial score (nSPS) is 16.2. The lowest BCUT2D eigenvalue weighted by molar-refractivity contribution is 0.135. The summed E-state index contributed by atoms with van der Waals surface area (Å²) >= 11 is 7.56. The van der Waals surface area contributed by atoms with Gasteiger partial charge in [0.25, 0.3) is 5.19 Å². The van der Waals surface area contributed by atoms with Crippen molar-refractivity contribution in [2.75, 3.05) is 20.2 Å². The monoisotopic (exact) mass is 456 g/mol. The predicted molar refractivity (Wildman–Crippen MR) is 110 cm³/mol. The number of methoxy groups -OCH3 is 1. The third-order valence-corrected chi connectivity index (χ3v) is 7.90. The van der Waals surface area contributed by atoms with Crippen LogP contribution in [0.3, 0.4) is 0 Å². The maximum atomic E-state index is 13.6. The lowest BCUT2D eigenvalue weighted by Gasteiger charge is -2.31. The Bertz CT molecular complexity index is 1140. The minimum Gasteiger partial charge on any atom is -0.495 e. The Morgan fingerprint density at radius 1 is 1.24 bits per heavy atom. The van der Waals surface area contributed by atoms with Gasteiger partial charge in [-0.1, -0.05) is 29.0 Å². The zero-order valence-corrected chi connectivity index (χ0v) is 17.9. The molecule has 10 heteroatoms. The predicted octanol–water partition coefficient (Wildman–Crippen LogP) is 4.33. The summed E-state index contributed by atoms with van der Waals surface area (Å²) in [5.74, 6) is -0.506. The molecule has 0 radical (unpaired) electrons. The number of sulfonamides is 1. The third-order valence-electron chi connectivity index (χ3n) is 4.76. The van der Waals surface area contributed by atoms with Crippen LogP contribution in [0, 0.1) is 5.82 Å². The summed E-state index contributed by atoms with van der Waals surface area (Å²) in [7, 11) is -2.51. The molecule has 0 unspecified atom stereocenters. The molecule has 4 rings (SSSR count). The van der Waals surface area contributed by atoms with Crippen LogP contribution in [0.1, 0.15) is 12.8 Å². The van der Waals surface area contributed by atoms with Gasteiger partial charge in [-0.3, -0.25) is 0 Å². The number of hydrogen-bond acceptors (Lipinski definition) is 6. The molecule has 154 valence electrons. The van der Waals surface area contributed by atoms with Gasteiger partial charge >= 0.3 is 0 Å². The number of rotatable bonds is 5. The molecule has 1 aliphatic heterocycles. The third kappa shape index (κ3) is 4.05. The number of para-hydroxylation sites is 1. The number of hydrogen-bond donors (Lipinski definition) is 0. The Labute approximate surface area is 176 Å². The highest BCUT2D eigenvalue weighted by Gasteiger charge is 2.32. The Hall–Kier alpha value is -1.94. The molecule has 6 nitrogen and oxygen atoms in total. The van der Waals surface area contributed by atoms with Crippen molar-refractivity contribution in [3.05, 3.63) is 47.2 Å². The van der Waals surface area contributed by atoms with Crippen LogP contribution >= 0.6 is 22.9 Å². The fraction of sp³-hybridized carbons (Fsp3) is 0.316. The minimum atomic E-state index is -3.87. The fourth-order valence-corrected chi connectivity index (χ4v) is 6.09. The summed E-state index contributed by atoms with van der Waals surface area (Å²) in [4.78, 5) is 4.26. The van der Waals surface area contributed by atoms with E-state index in [1.54, 1.807) is 6.07 Å². The average molecular weight is 457 g/mol. The van der Waals surface area contributed by atoms with E-state index in [4.69, 9.17) is 21.1 Å². The number of ether oxygens (including phenoxy) is 2. The molecule has 0 amide bonds. The Morgan fingerprint density at radius 3 is 2.69 bits per heavy atom. The summed E-state index contributed by atoms with van der Waals surface area (Å²) in [6.07, 6.45) is 0.844. The van der Waals surface area contributed by atoms with Crippen LogP contribution in [-0.2, 0) is 10.0 Å². The SMILES string of the molecule is COc1ccc(F)cc1S(=O)(=O)N1CCC(Oc2nc3c(Cl)cccc3s2)CC1. The first-order chi connectivity index (χ1) is 13.9. The number of aromatic nitrogens is 1. The number of benzene rings is 2. The lowest BCUT2D eigenvalue weighted by Crippen LogP contribution is -2.41. The first-order valence-electron chi connectivity index (χ1n) is 8.94. The van der Waals surface area contributed by atoms with Crippen molar-refractivity contribution >= 4 is 43.2 Å². The van der Waals surface area contributed by atoms with Gasteiger partial charge in [-0.15, -0.1) is 0 Å². The molecule has 1 fully saturated rings. The van der Waals surface area contributed by atoms with Crippen LogP contribution in [0.4, 0.5) is 4.39 Å².